The van der Waals surface area contributed by atoms with Gasteiger partial charge in [-0.15, -0.1) is 5.56 Å². The van der Waals surface area contributed by atoms with Crippen molar-refractivity contribution in [3.05, 3.63) is 191 Å². The molecule has 0 fully saturated rings. The van der Waals surface area contributed by atoms with E-state index in [1.165, 1.54) is 0 Å². The van der Waals surface area contributed by atoms with Crippen LogP contribution in [0.5, 0.6) is 0 Å². The van der Waals surface area contributed by atoms with Crippen LogP contribution in [0.4, 0.5) is 0 Å². The van der Waals surface area contributed by atoms with Crippen LogP contribution >= 0.6 is 0 Å². The van der Waals surface area contributed by atoms with Crippen molar-refractivity contribution in [1.82, 2.24) is 19.9 Å². The molecule has 6 aromatic rings. The van der Waals surface area contributed by atoms with Gasteiger partial charge >= 0.3 is 0 Å². The summed E-state index contributed by atoms with van der Waals surface area (Å²) in [4.78, 5) is 20.0. The molecule has 0 spiro atoms. The third kappa shape index (κ3) is 4.90. The Morgan fingerprint density at radius 2 is 0.900 bits per heavy atom. The Hall–Kier alpha value is -4.31. The molecule has 0 N–H and O–H groups in total. The Bertz CT molecular complexity index is 1460. The number of rotatable bonds is 3. The third-order valence-electron chi connectivity index (χ3n) is 7.24. The smallest absolute Gasteiger partial charge is 0.0858 e. The monoisotopic (exact) mass is 693 g/mol. The first-order valence-electron chi connectivity index (χ1n) is 13.1. The Morgan fingerprint density at radius 3 is 1.48 bits per heavy atom. The van der Waals surface area contributed by atoms with Crippen LogP contribution in [0.1, 0.15) is 68.6 Å². The minimum absolute atomic E-state index is 0. The number of hydrogen-bond acceptors (Lipinski definition) is 4. The van der Waals surface area contributed by atoms with Gasteiger partial charge in [0, 0.05) is 50.0 Å². The average molecular weight is 693 g/mol. The predicted octanol–water partition coefficient (Wildman–Crippen LogP) is 6.72. The largest absolute Gasteiger partial charge is 0.260 e. The molecule has 6 bridgehead atoms. The molecular formula is C35H24IrN4-2. The van der Waals surface area contributed by atoms with Crippen molar-refractivity contribution in [1.29, 1.82) is 0 Å². The van der Waals surface area contributed by atoms with Crippen molar-refractivity contribution < 1.29 is 20.1 Å². The van der Waals surface area contributed by atoms with Crippen molar-refractivity contribution in [2.75, 3.05) is 0 Å². The van der Waals surface area contributed by atoms with Gasteiger partial charge in [-0.1, -0.05) is 24.3 Å². The zero-order valence-corrected chi connectivity index (χ0v) is 23.9. The summed E-state index contributed by atoms with van der Waals surface area (Å²) in [6, 6.07) is 46.2. The van der Waals surface area contributed by atoms with E-state index in [0.717, 1.165) is 50.9 Å². The first-order chi connectivity index (χ1) is 19.3. The fourth-order valence-electron chi connectivity index (χ4n) is 5.51. The maximum atomic E-state index is 5.27. The predicted molar refractivity (Wildman–Crippen MR) is 150 cm³/mol. The van der Waals surface area contributed by atoms with E-state index in [9.17, 15) is 0 Å². The second-order valence-electron chi connectivity index (χ2n) is 9.66. The molecule has 3 atom stereocenters. The summed E-state index contributed by atoms with van der Waals surface area (Å²) >= 11 is 0. The molecule has 195 valence electrons. The van der Waals surface area contributed by atoms with Crippen molar-refractivity contribution in [2.24, 2.45) is 0 Å². The van der Waals surface area contributed by atoms with Crippen molar-refractivity contribution in [3.63, 3.8) is 0 Å². The molecule has 0 saturated carbocycles. The number of aromatic nitrogens is 4. The standard InChI is InChI=1S/C35H24N4.Ir/c1-2-11-24(12-3-1)33-25-13-8-14-26(23-25)34(27-15-4-6-21-36-27)30-18-10-20-32(39-30)35(28-16-5-7-22-37-28)31-19-9-17-29(33)38-31;/h1-11,13-22,33-35H;/q-2;. The zero-order valence-electron chi connectivity index (χ0n) is 21.5. The molecule has 0 saturated heterocycles. The molecule has 4 nitrogen and oxygen atoms in total. The summed E-state index contributed by atoms with van der Waals surface area (Å²) in [5.41, 5.74) is 8.60. The summed E-state index contributed by atoms with van der Waals surface area (Å²) < 4.78 is 0. The minimum atomic E-state index is -0.224. The van der Waals surface area contributed by atoms with E-state index in [2.05, 4.69) is 84.9 Å². The van der Waals surface area contributed by atoms with E-state index in [-0.39, 0.29) is 37.9 Å². The summed E-state index contributed by atoms with van der Waals surface area (Å²) in [6.45, 7) is 0. The van der Waals surface area contributed by atoms with Gasteiger partial charge in [0.2, 0.25) is 0 Å². The second kappa shape index (κ2) is 11.4. The van der Waals surface area contributed by atoms with E-state index in [1.807, 2.05) is 54.9 Å². The van der Waals surface area contributed by atoms with E-state index in [1.54, 1.807) is 0 Å². The first-order valence-corrected chi connectivity index (χ1v) is 13.1. The molecule has 7 rings (SSSR count). The molecule has 5 heterocycles. The van der Waals surface area contributed by atoms with Crippen LogP contribution in [0.3, 0.4) is 0 Å². The molecule has 0 amide bonds. The minimum Gasteiger partial charge on any atom is -0.260 e. The van der Waals surface area contributed by atoms with Crippen LogP contribution in [0, 0.1) is 12.1 Å². The zero-order chi connectivity index (χ0) is 26.0. The molecule has 2 aromatic carbocycles. The number of pyridine rings is 4. The van der Waals surface area contributed by atoms with Gasteiger partial charge in [0.1, 0.15) is 0 Å². The van der Waals surface area contributed by atoms with Crippen LogP contribution in [-0.2, 0) is 20.1 Å². The van der Waals surface area contributed by atoms with Crippen LogP contribution in [0.15, 0.2) is 128 Å². The van der Waals surface area contributed by atoms with E-state index < -0.39 is 0 Å². The van der Waals surface area contributed by atoms with E-state index >= 15 is 0 Å². The Labute approximate surface area is 247 Å². The van der Waals surface area contributed by atoms with Gasteiger partial charge in [0.05, 0.1) is 34.4 Å². The molecule has 1 aliphatic heterocycles. The van der Waals surface area contributed by atoms with E-state index in [0.29, 0.717) is 0 Å². The van der Waals surface area contributed by atoms with Crippen LogP contribution in [0.25, 0.3) is 0 Å². The van der Waals surface area contributed by atoms with Gasteiger partial charge in [-0.3, -0.25) is 19.9 Å². The average Bonchev–Trinajstić information content (AvgIpc) is 3.00. The maximum absolute atomic E-state index is 5.27. The molecule has 5 heteroatoms. The van der Waals surface area contributed by atoms with Gasteiger partial charge in [-0.25, -0.2) is 0 Å². The summed E-state index contributed by atoms with van der Waals surface area (Å²) in [5.74, 6) is -0.537. The van der Waals surface area contributed by atoms with Crippen molar-refractivity contribution >= 4 is 0 Å². The molecule has 0 aliphatic carbocycles. The van der Waals surface area contributed by atoms with Gasteiger partial charge < -0.3 is 0 Å². The summed E-state index contributed by atoms with van der Waals surface area (Å²) in [5, 5.41) is 0. The van der Waals surface area contributed by atoms with E-state index in [4.69, 9.17) is 19.9 Å². The quantitative estimate of drug-likeness (QED) is 0.193. The number of benzene rings is 2. The Kier molecular flexibility index (Phi) is 7.41. The molecule has 40 heavy (non-hydrogen) atoms. The van der Waals surface area contributed by atoms with Crippen LogP contribution in [-0.4, -0.2) is 19.9 Å². The number of fused-ring (bicyclic) bond motifs is 6. The fourth-order valence-corrected chi connectivity index (χ4v) is 5.51. The molecule has 1 radical (unpaired) electrons. The van der Waals surface area contributed by atoms with Gasteiger partial charge in [0.25, 0.3) is 0 Å². The van der Waals surface area contributed by atoms with Gasteiger partial charge in [-0.05, 0) is 48.5 Å². The second-order valence-corrected chi connectivity index (χ2v) is 9.66. The van der Waals surface area contributed by atoms with Gasteiger partial charge in [0.15, 0.2) is 0 Å². The summed E-state index contributed by atoms with van der Waals surface area (Å²) in [6.07, 6.45) is 3.67. The molecule has 4 aromatic heterocycles. The summed E-state index contributed by atoms with van der Waals surface area (Å²) in [7, 11) is 0. The first kappa shape index (κ1) is 25.9. The van der Waals surface area contributed by atoms with Crippen molar-refractivity contribution in [3.8, 4) is 0 Å². The molecule has 3 unspecified atom stereocenters. The normalized spacial score (nSPS) is 17.6. The third-order valence-corrected chi connectivity index (χ3v) is 7.24. The fraction of sp³-hybridized carbons (Fsp3) is 0.0857. The SMILES string of the molecule is [Ir].[c-]1ccccc1C1c2[c-]c(ccc2)C(c2ccccn2)c2cccc(n2)C(c2ccccn2)c2cccc1n2. The van der Waals surface area contributed by atoms with Crippen LogP contribution in [0.2, 0.25) is 0 Å². The Balaban J connectivity index is 0.00000289. The van der Waals surface area contributed by atoms with Gasteiger partial charge in [-0.2, -0.15) is 65.7 Å². The molecular weight excluding hydrogens is 669 g/mol. The number of nitrogens with zero attached hydrogens (tertiary/aromatic N) is 4. The topological polar surface area (TPSA) is 51.6 Å². The maximum Gasteiger partial charge on any atom is 0.0858 e. The molecule has 1 aliphatic rings. The van der Waals surface area contributed by atoms with Crippen molar-refractivity contribution in [2.45, 2.75) is 17.8 Å². The van der Waals surface area contributed by atoms with Crippen LogP contribution < -0.4 is 0 Å². The Morgan fingerprint density at radius 1 is 0.425 bits per heavy atom. The number of hydrogen-bond donors (Lipinski definition) is 0.